The molecule has 0 saturated heterocycles. The molecule has 3 heteroatoms. The summed E-state index contributed by atoms with van der Waals surface area (Å²) in [5.74, 6) is 1.04. The number of rotatable bonds is 2. The quantitative estimate of drug-likeness (QED) is 0.886. The van der Waals surface area contributed by atoms with Crippen molar-refractivity contribution >= 4 is 5.71 Å². The lowest BCUT2D eigenvalue weighted by atomic mass is 9.44. The van der Waals surface area contributed by atoms with Crippen LogP contribution in [0.4, 0.5) is 0 Å². The molecule has 0 amide bonds. The first kappa shape index (κ1) is 12.8. The smallest absolute Gasteiger partial charge is 0.103 e. The lowest BCUT2D eigenvalue weighted by Gasteiger charge is -2.62. The molecule has 3 fully saturated rings. The molecule has 102 valence electrons. The van der Waals surface area contributed by atoms with E-state index in [1.54, 1.807) is 6.20 Å². The number of nitrogens with zero attached hydrogens (tertiary/aromatic N) is 2. The predicted octanol–water partition coefficient (Wildman–Crippen LogP) is 2.84. The third-order valence-electron chi connectivity index (χ3n) is 5.35. The highest BCUT2D eigenvalue weighted by Gasteiger charge is 2.61. The van der Waals surface area contributed by atoms with Crippen LogP contribution in [0.5, 0.6) is 0 Å². The predicted molar refractivity (Wildman–Crippen MR) is 76.0 cm³/mol. The van der Waals surface area contributed by atoms with Gasteiger partial charge in [-0.2, -0.15) is 0 Å². The van der Waals surface area contributed by atoms with Crippen molar-refractivity contribution in [2.24, 2.45) is 22.2 Å². The average molecular weight is 258 g/mol. The van der Waals surface area contributed by atoms with E-state index in [-0.39, 0.29) is 5.41 Å². The Labute approximate surface area is 114 Å². The van der Waals surface area contributed by atoms with Crippen LogP contribution in [-0.4, -0.2) is 21.4 Å². The third-order valence-corrected chi connectivity index (χ3v) is 5.35. The molecule has 3 aliphatic rings. The van der Waals surface area contributed by atoms with Gasteiger partial charge in [0.05, 0.1) is 6.54 Å². The van der Waals surface area contributed by atoms with E-state index in [1.165, 1.54) is 0 Å². The van der Waals surface area contributed by atoms with Crippen LogP contribution in [-0.2, 0) is 6.54 Å². The van der Waals surface area contributed by atoms with Crippen molar-refractivity contribution in [2.45, 2.75) is 45.8 Å². The van der Waals surface area contributed by atoms with Crippen LogP contribution in [0, 0.1) is 17.3 Å². The van der Waals surface area contributed by atoms with Crippen LogP contribution in [0.25, 0.3) is 0 Å². The lowest BCUT2D eigenvalue weighted by Crippen LogP contribution is -2.64. The van der Waals surface area contributed by atoms with E-state index in [0.29, 0.717) is 18.4 Å². The topological polar surface area (TPSA) is 45.5 Å². The highest BCUT2D eigenvalue weighted by molar-refractivity contribution is 5.94. The number of aliphatic imine (C=N–C) groups is 1. The molecule has 1 aromatic heterocycles. The molecule has 0 spiro atoms. The largest absolute Gasteiger partial charge is 0.384 e. The van der Waals surface area contributed by atoms with Crippen LogP contribution in [0.15, 0.2) is 29.5 Å². The maximum Gasteiger partial charge on any atom is 0.103 e. The van der Waals surface area contributed by atoms with Gasteiger partial charge in [0.1, 0.15) is 5.60 Å². The fourth-order valence-corrected chi connectivity index (χ4v) is 3.86. The molecule has 2 bridgehead atoms. The molecule has 1 heterocycles. The molecule has 19 heavy (non-hydrogen) atoms. The molecular weight excluding hydrogens is 236 g/mol. The summed E-state index contributed by atoms with van der Waals surface area (Å²) in [4.78, 5) is 8.78. The molecule has 1 aromatic rings. The molecule has 0 aromatic carbocycles. The highest BCUT2D eigenvalue weighted by Crippen LogP contribution is 2.61. The summed E-state index contributed by atoms with van der Waals surface area (Å²) in [6.07, 6.45) is 5.69. The van der Waals surface area contributed by atoms with Crippen molar-refractivity contribution in [3.63, 3.8) is 0 Å². The van der Waals surface area contributed by atoms with Gasteiger partial charge in [-0.05, 0) is 48.6 Å². The summed E-state index contributed by atoms with van der Waals surface area (Å²) in [7, 11) is 0. The number of aliphatic hydroxyl groups is 1. The number of hydrogen-bond donors (Lipinski definition) is 1. The number of pyridine rings is 1. The van der Waals surface area contributed by atoms with Gasteiger partial charge in [0, 0.05) is 18.1 Å². The van der Waals surface area contributed by atoms with Crippen molar-refractivity contribution in [1.29, 1.82) is 0 Å². The van der Waals surface area contributed by atoms with Crippen LogP contribution in [0.1, 0.15) is 39.2 Å². The standard InChI is InChI=1S/C16H22N2O/c1-15(2)12-7-13(15)16(3,19)14(8-12)18-10-11-5-4-6-17-9-11/h4-6,9,12-13,19H,7-8,10H2,1-3H3/t12-,13-,16-/m1/s1. The zero-order chi connectivity index (χ0) is 13.7. The van der Waals surface area contributed by atoms with Gasteiger partial charge in [0.2, 0.25) is 0 Å². The molecule has 0 unspecified atom stereocenters. The van der Waals surface area contributed by atoms with Crippen LogP contribution in [0.2, 0.25) is 0 Å². The van der Waals surface area contributed by atoms with Gasteiger partial charge < -0.3 is 5.11 Å². The van der Waals surface area contributed by atoms with E-state index >= 15 is 0 Å². The molecule has 3 aliphatic carbocycles. The molecule has 3 atom stereocenters. The fourth-order valence-electron chi connectivity index (χ4n) is 3.86. The number of aromatic nitrogens is 1. The maximum absolute atomic E-state index is 10.8. The Balaban J connectivity index is 1.80. The molecule has 1 N–H and O–H groups in total. The summed E-state index contributed by atoms with van der Waals surface area (Å²) in [5.41, 5.74) is 1.61. The molecule has 0 radical (unpaired) electrons. The van der Waals surface area contributed by atoms with E-state index in [2.05, 4.69) is 23.8 Å². The monoisotopic (exact) mass is 258 g/mol. The van der Waals surface area contributed by atoms with Crippen molar-refractivity contribution < 1.29 is 5.11 Å². The Kier molecular flexibility index (Phi) is 2.79. The molecule has 3 nitrogen and oxygen atoms in total. The zero-order valence-electron chi connectivity index (χ0n) is 11.9. The highest BCUT2D eigenvalue weighted by atomic mass is 16.3. The van der Waals surface area contributed by atoms with Crippen molar-refractivity contribution in [2.75, 3.05) is 0 Å². The summed E-state index contributed by atoms with van der Waals surface area (Å²) in [5, 5.41) is 10.8. The van der Waals surface area contributed by atoms with Crippen LogP contribution < -0.4 is 0 Å². The van der Waals surface area contributed by atoms with Gasteiger partial charge in [-0.15, -0.1) is 0 Å². The SMILES string of the molecule is CC1(C)[C@H]2CC(=NCc3cccnc3)[C@](C)(O)[C@@H]1C2. The third kappa shape index (κ3) is 1.91. The second kappa shape index (κ2) is 4.14. The Bertz CT molecular complexity index is 505. The van der Waals surface area contributed by atoms with E-state index in [0.717, 1.165) is 24.1 Å². The molecule has 0 aliphatic heterocycles. The summed E-state index contributed by atoms with van der Waals surface area (Å²) in [6.45, 7) is 7.12. The Morgan fingerprint density at radius 1 is 1.42 bits per heavy atom. The first-order chi connectivity index (χ1) is 8.92. The van der Waals surface area contributed by atoms with Gasteiger partial charge >= 0.3 is 0 Å². The van der Waals surface area contributed by atoms with E-state index < -0.39 is 5.60 Å². The normalized spacial score (nSPS) is 38.0. The molecule has 4 rings (SSSR count). The van der Waals surface area contributed by atoms with E-state index in [1.807, 2.05) is 25.3 Å². The summed E-state index contributed by atoms with van der Waals surface area (Å²) < 4.78 is 0. The zero-order valence-corrected chi connectivity index (χ0v) is 11.9. The second-order valence-electron chi connectivity index (χ2n) is 6.78. The Morgan fingerprint density at radius 2 is 2.21 bits per heavy atom. The second-order valence-corrected chi connectivity index (χ2v) is 6.78. The van der Waals surface area contributed by atoms with Crippen LogP contribution >= 0.6 is 0 Å². The maximum atomic E-state index is 10.8. The van der Waals surface area contributed by atoms with Crippen LogP contribution in [0.3, 0.4) is 0 Å². The van der Waals surface area contributed by atoms with Gasteiger partial charge in [-0.25, -0.2) is 0 Å². The minimum atomic E-state index is -0.736. The average Bonchev–Trinajstić information content (AvgIpc) is 2.37. The van der Waals surface area contributed by atoms with Crippen molar-refractivity contribution in [3.8, 4) is 0 Å². The van der Waals surface area contributed by atoms with Gasteiger partial charge in [-0.3, -0.25) is 9.98 Å². The Morgan fingerprint density at radius 3 is 2.79 bits per heavy atom. The first-order valence-electron chi connectivity index (χ1n) is 7.07. The fraction of sp³-hybridized carbons (Fsp3) is 0.625. The van der Waals surface area contributed by atoms with Gasteiger partial charge in [0.25, 0.3) is 0 Å². The minimum Gasteiger partial charge on any atom is -0.384 e. The number of hydrogen-bond acceptors (Lipinski definition) is 3. The molecular formula is C16H22N2O. The van der Waals surface area contributed by atoms with Crippen molar-refractivity contribution in [1.82, 2.24) is 4.98 Å². The lowest BCUT2D eigenvalue weighted by molar-refractivity contribution is -0.134. The van der Waals surface area contributed by atoms with Gasteiger partial charge in [-0.1, -0.05) is 19.9 Å². The molecule has 3 saturated carbocycles. The van der Waals surface area contributed by atoms with Gasteiger partial charge in [0.15, 0.2) is 0 Å². The van der Waals surface area contributed by atoms with E-state index in [4.69, 9.17) is 0 Å². The Hall–Kier alpha value is -1.22. The minimum absolute atomic E-state index is 0.261. The summed E-state index contributed by atoms with van der Waals surface area (Å²) >= 11 is 0. The van der Waals surface area contributed by atoms with E-state index in [9.17, 15) is 5.11 Å². The number of fused-ring (bicyclic) bond motifs is 2. The summed E-state index contributed by atoms with van der Waals surface area (Å²) in [6, 6.07) is 3.95. The van der Waals surface area contributed by atoms with Crippen molar-refractivity contribution in [3.05, 3.63) is 30.1 Å². The first-order valence-corrected chi connectivity index (χ1v) is 7.07.